The molecule has 3 aromatic heterocycles. The first-order valence-electron chi connectivity index (χ1n) is 9.85. The van der Waals surface area contributed by atoms with E-state index in [9.17, 15) is 14.3 Å². The van der Waals surface area contributed by atoms with Crippen molar-refractivity contribution in [3.63, 3.8) is 0 Å². The molecule has 0 unspecified atom stereocenters. The van der Waals surface area contributed by atoms with E-state index in [-0.39, 0.29) is 36.0 Å². The Morgan fingerprint density at radius 3 is 2.57 bits per heavy atom. The molecule has 0 fully saturated rings. The molecule has 4 aromatic rings. The highest BCUT2D eigenvalue weighted by atomic mass is 19.1. The molecule has 0 aliphatic rings. The second-order valence-electron chi connectivity index (χ2n) is 7.08. The van der Waals surface area contributed by atoms with Crippen molar-refractivity contribution >= 4 is 5.52 Å². The largest absolute Gasteiger partial charge is 0.392 e. The van der Waals surface area contributed by atoms with Gasteiger partial charge >= 0.3 is 0 Å². The van der Waals surface area contributed by atoms with Crippen LogP contribution >= 0.6 is 0 Å². The summed E-state index contributed by atoms with van der Waals surface area (Å²) in [7, 11) is 0. The van der Waals surface area contributed by atoms with E-state index in [1.165, 1.54) is 21.2 Å². The van der Waals surface area contributed by atoms with Gasteiger partial charge in [0.05, 0.1) is 18.8 Å². The first kappa shape index (κ1) is 20.0. The van der Waals surface area contributed by atoms with Crippen LogP contribution in [-0.2, 0) is 13.2 Å². The lowest BCUT2D eigenvalue weighted by atomic mass is 10.0. The summed E-state index contributed by atoms with van der Waals surface area (Å²) in [5.41, 5.74) is 1.34. The van der Waals surface area contributed by atoms with Crippen molar-refractivity contribution < 1.29 is 14.0 Å². The van der Waals surface area contributed by atoms with Crippen molar-refractivity contribution in [2.75, 3.05) is 0 Å². The molecule has 0 bridgehead atoms. The summed E-state index contributed by atoms with van der Waals surface area (Å²) in [6.45, 7) is 3.88. The Labute approximate surface area is 171 Å². The third-order valence-electron chi connectivity index (χ3n) is 5.27. The minimum Gasteiger partial charge on any atom is -0.392 e. The van der Waals surface area contributed by atoms with Crippen LogP contribution in [0.3, 0.4) is 0 Å². The molecule has 0 spiro atoms. The highest BCUT2D eigenvalue weighted by Crippen LogP contribution is 2.25. The Balaban J connectivity index is 1.74. The quantitative estimate of drug-likeness (QED) is 0.502. The standard InChI is InChI=1S/C21H22FN5O3/c1-3-13(4-2)20-23-17(25-30-20)11-26-9-10-27-19(21(26)29)16(12-28)18(24-27)14-5-7-15(22)8-6-14/h5-10,13,28H,3-4,11-12H2,1-2H3. The highest BCUT2D eigenvalue weighted by molar-refractivity contribution is 5.72. The van der Waals surface area contributed by atoms with Gasteiger partial charge in [0.1, 0.15) is 11.3 Å². The number of nitrogens with zero attached hydrogens (tertiary/aromatic N) is 5. The topological polar surface area (TPSA) is 98.5 Å². The minimum absolute atomic E-state index is 0.140. The molecule has 0 aliphatic heterocycles. The molecule has 0 radical (unpaired) electrons. The fourth-order valence-corrected chi connectivity index (χ4v) is 3.55. The van der Waals surface area contributed by atoms with Crippen LogP contribution in [0.5, 0.6) is 0 Å². The molecule has 9 heteroatoms. The monoisotopic (exact) mass is 411 g/mol. The number of hydrogen-bond donors (Lipinski definition) is 1. The zero-order chi connectivity index (χ0) is 21.3. The number of aromatic nitrogens is 5. The van der Waals surface area contributed by atoms with E-state index in [1.807, 2.05) is 0 Å². The van der Waals surface area contributed by atoms with Crippen LogP contribution in [-0.4, -0.2) is 29.4 Å². The average Bonchev–Trinajstić information content (AvgIpc) is 3.36. The Kier molecular flexibility index (Phi) is 5.45. The van der Waals surface area contributed by atoms with E-state index in [0.717, 1.165) is 12.8 Å². The molecular weight excluding hydrogens is 389 g/mol. The summed E-state index contributed by atoms with van der Waals surface area (Å²) in [6.07, 6.45) is 5.01. The van der Waals surface area contributed by atoms with Crippen molar-refractivity contribution in [1.82, 2.24) is 24.3 Å². The smallest absolute Gasteiger partial charge is 0.277 e. The normalized spacial score (nSPS) is 11.6. The zero-order valence-electron chi connectivity index (χ0n) is 16.7. The van der Waals surface area contributed by atoms with Gasteiger partial charge in [-0.3, -0.25) is 4.79 Å². The summed E-state index contributed by atoms with van der Waals surface area (Å²) in [5.74, 6) is 0.804. The van der Waals surface area contributed by atoms with Crippen LogP contribution in [0.25, 0.3) is 16.8 Å². The van der Waals surface area contributed by atoms with E-state index >= 15 is 0 Å². The predicted molar refractivity (Wildman–Crippen MR) is 107 cm³/mol. The second kappa shape index (κ2) is 8.19. The van der Waals surface area contributed by atoms with Gasteiger partial charge in [0, 0.05) is 29.4 Å². The Bertz CT molecular complexity index is 1220. The van der Waals surface area contributed by atoms with Gasteiger partial charge in [-0.15, -0.1) is 0 Å². The van der Waals surface area contributed by atoms with Crippen molar-refractivity contribution in [3.8, 4) is 11.3 Å². The van der Waals surface area contributed by atoms with E-state index in [2.05, 4.69) is 29.1 Å². The summed E-state index contributed by atoms with van der Waals surface area (Å²) in [5, 5.41) is 18.3. The second-order valence-corrected chi connectivity index (χ2v) is 7.08. The molecule has 156 valence electrons. The maximum atomic E-state index is 13.3. The van der Waals surface area contributed by atoms with Gasteiger partial charge in [-0.25, -0.2) is 8.91 Å². The van der Waals surface area contributed by atoms with Gasteiger partial charge in [-0.1, -0.05) is 19.0 Å². The van der Waals surface area contributed by atoms with Gasteiger partial charge in [-0.05, 0) is 37.1 Å². The third-order valence-corrected chi connectivity index (χ3v) is 5.27. The van der Waals surface area contributed by atoms with Crippen LogP contribution in [0.2, 0.25) is 0 Å². The van der Waals surface area contributed by atoms with Gasteiger partial charge in [-0.2, -0.15) is 10.1 Å². The maximum Gasteiger partial charge on any atom is 0.277 e. The molecular formula is C21H22FN5O3. The van der Waals surface area contributed by atoms with E-state index < -0.39 is 0 Å². The van der Waals surface area contributed by atoms with Crippen molar-refractivity contribution in [3.05, 3.63) is 70.1 Å². The van der Waals surface area contributed by atoms with Crippen molar-refractivity contribution in [1.29, 1.82) is 0 Å². The van der Waals surface area contributed by atoms with Crippen LogP contribution in [0, 0.1) is 5.82 Å². The van der Waals surface area contributed by atoms with Crippen molar-refractivity contribution in [2.45, 2.75) is 45.8 Å². The summed E-state index contributed by atoms with van der Waals surface area (Å²) >= 11 is 0. The Hall–Kier alpha value is -3.33. The van der Waals surface area contributed by atoms with E-state index in [0.29, 0.717) is 28.5 Å². The average molecular weight is 411 g/mol. The summed E-state index contributed by atoms with van der Waals surface area (Å²) < 4.78 is 21.5. The zero-order valence-corrected chi connectivity index (χ0v) is 16.7. The fraction of sp³-hybridized carbons (Fsp3) is 0.333. The van der Waals surface area contributed by atoms with Gasteiger partial charge in [0.15, 0.2) is 5.82 Å². The maximum absolute atomic E-state index is 13.3. The fourth-order valence-electron chi connectivity index (χ4n) is 3.55. The highest BCUT2D eigenvalue weighted by Gasteiger charge is 2.19. The molecule has 8 nitrogen and oxygen atoms in total. The van der Waals surface area contributed by atoms with Crippen LogP contribution in [0.15, 0.2) is 46.0 Å². The van der Waals surface area contributed by atoms with E-state index in [1.54, 1.807) is 24.5 Å². The molecule has 3 heterocycles. The first-order valence-corrected chi connectivity index (χ1v) is 9.85. The Morgan fingerprint density at radius 1 is 1.17 bits per heavy atom. The summed E-state index contributed by atoms with van der Waals surface area (Å²) in [6, 6.07) is 5.75. The molecule has 0 atom stereocenters. The van der Waals surface area contributed by atoms with E-state index in [4.69, 9.17) is 4.52 Å². The van der Waals surface area contributed by atoms with Gasteiger partial charge < -0.3 is 14.2 Å². The number of halogens is 1. The van der Waals surface area contributed by atoms with Gasteiger partial charge in [0.2, 0.25) is 5.89 Å². The molecule has 4 rings (SSSR count). The molecule has 0 saturated heterocycles. The number of rotatable bonds is 7. The van der Waals surface area contributed by atoms with Crippen molar-refractivity contribution in [2.24, 2.45) is 0 Å². The van der Waals surface area contributed by atoms with Gasteiger partial charge in [0.25, 0.3) is 5.56 Å². The molecule has 1 aromatic carbocycles. The Morgan fingerprint density at radius 2 is 1.90 bits per heavy atom. The molecule has 30 heavy (non-hydrogen) atoms. The number of fused-ring (bicyclic) bond motifs is 1. The first-order chi connectivity index (χ1) is 14.5. The number of benzene rings is 1. The molecule has 0 amide bonds. The number of aliphatic hydroxyl groups is 1. The van der Waals surface area contributed by atoms with Crippen LogP contribution in [0.4, 0.5) is 4.39 Å². The van der Waals surface area contributed by atoms with Crippen LogP contribution in [0.1, 0.15) is 49.9 Å². The molecule has 0 aliphatic carbocycles. The lowest BCUT2D eigenvalue weighted by Gasteiger charge is -2.05. The lowest BCUT2D eigenvalue weighted by molar-refractivity contribution is 0.283. The number of aliphatic hydroxyl groups excluding tert-OH is 1. The molecule has 0 saturated carbocycles. The SMILES string of the molecule is CCC(CC)c1nc(Cn2ccn3nc(-c4ccc(F)cc4)c(CO)c3c2=O)no1. The summed E-state index contributed by atoms with van der Waals surface area (Å²) in [4.78, 5) is 17.5. The predicted octanol–water partition coefficient (Wildman–Crippen LogP) is 3.13. The number of hydrogen-bond acceptors (Lipinski definition) is 6. The molecule has 1 N–H and O–H groups in total. The minimum atomic E-state index is -0.378. The third kappa shape index (κ3) is 3.52. The van der Waals surface area contributed by atoms with Crippen LogP contribution < -0.4 is 5.56 Å². The lowest BCUT2D eigenvalue weighted by Crippen LogP contribution is -2.23.